The first kappa shape index (κ1) is 22.4. The summed E-state index contributed by atoms with van der Waals surface area (Å²) in [6.07, 6.45) is 0. The Hall–Kier alpha value is -3.26. The fraction of sp³-hybridized carbons (Fsp3) is 0.261. The third-order valence-corrected chi connectivity index (χ3v) is 5.27. The predicted octanol–water partition coefficient (Wildman–Crippen LogP) is 2.34. The SMILES string of the molecule is C=C(C)C(C(=O)OCc1ccccc1)N1C(=O)[C@@H](NC(=O)COc2ccccc2)[C@H]1S. The van der Waals surface area contributed by atoms with E-state index in [4.69, 9.17) is 9.47 Å². The molecule has 1 fully saturated rings. The topological polar surface area (TPSA) is 84.9 Å². The van der Waals surface area contributed by atoms with Crippen molar-refractivity contribution in [2.45, 2.75) is 31.0 Å². The summed E-state index contributed by atoms with van der Waals surface area (Å²) >= 11 is 4.41. The zero-order chi connectivity index (χ0) is 22.4. The summed E-state index contributed by atoms with van der Waals surface area (Å²) in [5, 5.41) is 1.90. The van der Waals surface area contributed by atoms with Gasteiger partial charge < -0.3 is 19.7 Å². The third kappa shape index (κ3) is 5.46. The highest BCUT2D eigenvalue weighted by molar-refractivity contribution is 7.81. The van der Waals surface area contributed by atoms with Gasteiger partial charge in [0, 0.05) is 0 Å². The molecule has 1 aliphatic rings. The molecule has 0 aliphatic carbocycles. The average molecular weight is 441 g/mol. The number of carbonyl (C=O) groups is 3. The number of amides is 2. The van der Waals surface area contributed by atoms with Crippen LogP contribution in [0.15, 0.2) is 72.8 Å². The number of hydrogen-bond donors (Lipinski definition) is 2. The summed E-state index contributed by atoms with van der Waals surface area (Å²) in [6.45, 7) is 5.30. The zero-order valence-electron chi connectivity index (χ0n) is 17.1. The standard InChI is InChI=1S/C23H24N2O5S/c1-15(2)20(23(28)30-13-16-9-5-3-6-10-16)25-21(27)19(22(25)31)24-18(26)14-29-17-11-7-4-8-12-17/h3-12,19-20,22,31H,1,13-14H2,2H3,(H,24,26)/t19-,20?,22-/m1/s1. The Bertz CT molecular complexity index is 951. The van der Waals surface area contributed by atoms with Gasteiger partial charge in [0.25, 0.3) is 5.91 Å². The Morgan fingerprint density at radius 3 is 2.32 bits per heavy atom. The molecule has 0 bridgehead atoms. The van der Waals surface area contributed by atoms with Crippen LogP contribution in [0.4, 0.5) is 0 Å². The minimum absolute atomic E-state index is 0.0830. The number of hydrogen-bond acceptors (Lipinski definition) is 6. The number of carbonyl (C=O) groups excluding carboxylic acids is 3. The smallest absolute Gasteiger partial charge is 0.333 e. The summed E-state index contributed by atoms with van der Waals surface area (Å²) in [5.74, 6) is -0.941. The minimum Gasteiger partial charge on any atom is -0.484 e. The third-order valence-electron chi connectivity index (χ3n) is 4.73. The van der Waals surface area contributed by atoms with Crippen molar-refractivity contribution in [3.63, 3.8) is 0 Å². The molecule has 2 amide bonds. The monoisotopic (exact) mass is 440 g/mol. The lowest BCUT2D eigenvalue weighted by Gasteiger charge is -2.47. The van der Waals surface area contributed by atoms with E-state index in [1.165, 1.54) is 4.90 Å². The average Bonchev–Trinajstić information content (AvgIpc) is 2.79. The van der Waals surface area contributed by atoms with Gasteiger partial charge in [-0.1, -0.05) is 55.1 Å². The highest BCUT2D eigenvalue weighted by Crippen LogP contribution is 2.29. The Morgan fingerprint density at radius 2 is 1.74 bits per heavy atom. The molecule has 2 aromatic rings. The molecule has 8 heteroatoms. The van der Waals surface area contributed by atoms with Gasteiger partial charge in [-0.15, -0.1) is 0 Å². The Kier molecular flexibility index (Phi) is 7.36. The van der Waals surface area contributed by atoms with Crippen LogP contribution in [-0.2, 0) is 25.7 Å². The summed E-state index contributed by atoms with van der Waals surface area (Å²) in [7, 11) is 0. The molecule has 1 saturated heterocycles. The van der Waals surface area contributed by atoms with Gasteiger partial charge in [0.1, 0.15) is 23.8 Å². The molecule has 1 aliphatic heterocycles. The number of nitrogens with zero attached hydrogens (tertiary/aromatic N) is 1. The molecule has 3 atom stereocenters. The highest BCUT2D eigenvalue weighted by Gasteiger charge is 2.51. The Balaban J connectivity index is 1.55. The normalized spacial score (nSPS) is 18.5. The number of rotatable bonds is 9. The first-order valence-corrected chi connectivity index (χ1v) is 10.2. The predicted molar refractivity (Wildman–Crippen MR) is 118 cm³/mol. The molecule has 162 valence electrons. The van der Waals surface area contributed by atoms with Crippen LogP contribution in [0.3, 0.4) is 0 Å². The molecule has 31 heavy (non-hydrogen) atoms. The largest absolute Gasteiger partial charge is 0.484 e. The number of likely N-dealkylation sites (tertiary alicyclic amines) is 1. The molecule has 0 saturated carbocycles. The maximum Gasteiger partial charge on any atom is 0.333 e. The molecular weight excluding hydrogens is 416 g/mol. The molecule has 2 aromatic carbocycles. The molecule has 0 spiro atoms. The van der Waals surface area contributed by atoms with Crippen LogP contribution in [0, 0.1) is 0 Å². The van der Waals surface area contributed by atoms with Crippen molar-refractivity contribution in [3.05, 3.63) is 78.4 Å². The van der Waals surface area contributed by atoms with Crippen LogP contribution < -0.4 is 10.1 Å². The van der Waals surface area contributed by atoms with Gasteiger partial charge in [0.05, 0.1) is 0 Å². The number of para-hydroxylation sites is 1. The number of β-lactam (4-membered cyclic amide) rings is 1. The van der Waals surface area contributed by atoms with E-state index < -0.39 is 35.2 Å². The maximum atomic E-state index is 12.7. The number of thiol groups is 1. The Morgan fingerprint density at radius 1 is 1.13 bits per heavy atom. The molecule has 0 aromatic heterocycles. The van der Waals surface area contributed by atoms with Gasteiger partial charge in [-0.25, -0.2) is 4.79 Å². The van der Waals surface area contributed by atoms with Crippen molar-refractivity contribution in [1.82, 2.24) is 10.2 Å². The van der Waals surface area contributed by atoms with Crippen molar-refractivity contribution in [3.8, 4) is 5.75 Å². The van der Waals surface area contributed by atoms with E-state index in [0.29, 0.717) is 11.3 Å². The van der Waals surface area contributed by atoms with Crippen LogP contribution in [0.25, 0.3) is 0 Å². The summed E-state index contributed by atoms with van der Waals surface area (Å²) < 4.78 is 10.8. The van der Waals surface area contributed by atoms with E-state index in [2.05, 4.69) is 24.5 Å². The number of benzene rings is 2. The fourth-order valence-corrected chi connectivity index (χ4v) is 3.60. The molecule has 3 rings (SSSR count). The zero-order valence-corrected chi connectivity index (χ0v) is 18.0. The van der Waals surface area contributed by atoms with Gasteiger partial charge >= 0.3 is 5.97 Å². The molecular formula is C23H24N2O5S. The molecule has 1 unspecified atom stereocenters. The van der Waals surface area contributed by atoms with Crippen LogP contribution in [0.2, 0.25) is 0 Å². The lowest BCUT2D eigenvalue weighted by molar-refractivity contribution is -0.163. The summed E-state index contributed by atoms with van der Waals surface area (Å²) in [6, 6.07) is 16.3. The van der Waals surface area contributed by atoms with E-state index in [9.17, 15) is 14.4 Å². The molecule has 1 N–H and O–H groups in total. The van der Waals surface area contributed by atoms with Crippen molar-refractivity contribution in [2.24, 2.45) is 0 Å². The van der Waals surface area contributed by atoms with Crippen LogP contribution >= 0.6 is 12.6 Å². The quantitative estimate of drug-likeness (QED) is 0.271. The van der Waals surface area contributed by atoms with Crippen molar-refractivity contribution < 1.29 is 23.9 Å². The second-order valence-electron chi connectivity index (χ2n) is 7.15. The lowest BCUT2D eigenvalue weighted by atomic mass is 9.99. The highest BCUT2D eigenvalue weighted by atomic mass is 32.1. The van der Waals surface area contributed by atoms with Crippen LogP contribution in [0.1, 0.15) is 12.5 Å². The number of nitrogens with one attached hydrogen (secondary N) is 1. The van der Waals surface area contributed by atoms with Crippen molar-refractivity contribution >= 4 is 30.4 Å². The molecule has 0 radical (unpaired) electrons. The minimum atomic E-state index is -0.979. The van der Waals surface area contributed by atoms with Crippen LogP contribution in [0.5, 0.6) is 5.75 Å². The first-order chi connectivity index (χ1) is 14.9. The van der Waals surface area contributed by atoms with E-state index in [-0.39, 0.29) is 13.2 Å². The maximum absolute atomic E-state index is 12.7. The first-order valence-electron chi connectivity index (χ1n) is 9.72. The molecule has 7 nitrogen and oxygen atoms in total. The summed E-state index contributed by atoms with van der Waals surface area (Å²) in [5.41, 5.74) is 1.28. The van der Waals surface area contributed by atoms with Crippen LogP contribution in [-0.4, -0.2) is 46.7 Å². The van der Waals surface area contributed by atoms with E-state index >= 15 is 0 Å². The molecule has 1 heterocycles. The van der Waals surface area contributed by atoms with E-state index in [0.717, 1.165) is 5.56 Å². The van der Waals surface area contributed by atoms with Gasteiger partial charge in [0.15, 0.2) is 12.6 Å². The second-order valence-corrected chi connectivity index (χ2v) is 7.68. The Labute approximate surface area is 186 Å². The van der Waals surface area contributed by atoms with Crippen molar-refractivity contribution in [1.29, 1.82) is 0 Å². The van der Waals surface area contributed by atoms with Crippen molar-refractivity contribution in [2.75, 3.05) is 6.61 Å². The number of esters is 1. The number of ether oxygens (including phenoxy) is 2. The fourth-order valence-electron chi connectivity index (χ4n) is 3.15. The van der Waals surface area contributed by atoms with Gasteiger partial charge in [0.2, 0.25) is 5.91 Å². The van der Waals surface area contributed by atoms with Gasteiger partial charge in [-0.2, -0.15) is 12.6 Å². The second kappa shape index (κ2) is 10.2. The van der Waals surface area contributed by atoms with Gasteiger partial charge in [-0.3, -0.25) is 9.59 Å². The lowest BCUT2D eigenvalue weighted by Crippen LogP contribution is -2.72. The van der Waals surface area contributed by atoms with E-state index in [1.54, 1.807) is 31.2 Å². The summed E-state index contributed by atoms with van der Waals surface area (Å²) in [4.78, 5) is 38.8. The van der Waals surface area contributed by atoms with Gasteiger partial charge in [-0.05, 0) is 30.2 Å². The van der Waals surface area contributed by atoms with E-state index in [1.807, 2.05) is 36.4 Å².